The van der Waals surface area contributed by atoms with Crippen molar-refractivity contribution in [1.82, 2.24) is 0 Å². The van der Waals surface area contributed by atoms with E-state index in [0.29, 0.717) is 13.2 Å². The van der Waals surface area contributed by atoms with Crippen molar-refractivity contribution in [3.63, 3.8) is 0 Å². The van der Waals surface area contributed by atoms with Crippen LogP contribution in [0.5, 0.6) is 0 Å². The lowest BCUT2D eigenvalue weighted by Crippen LogP contribution is -2.47. The summed E-state index contributed by atoms with van der Waals surface area (Å²) in [7, 11) is 3.13. The number of hydrogen-bond donors (Lipinski definition) is 2. The minimum Gasteiger partial charge on any atom is -0.466 e. The van der Waals surface area contributed by atoms with E-state index in [1.54, 1.807) is 28.1 Å². The van der Waals surface area contributed by atoms with Crippen LogP contribution < -0.4 is 11.5 Å². The molecule has 14 nitrogen and oxygen atoms in total. The van der Waals surface area contributed by atoms with Crippen LogP contribution in [-0.2, 0) is 57.0 Å². The number of esters is 2. The SMILES string of the molecule is CCOC(=O)C[C@@H](N)[C@H]1O[C@@H]2OC(C)(C)O[C@@H]2[C@H]1OC.CCOC(=O)C[C@H](N)[C@H]1O[C@@H]2OC(C)(C)O[C@@H]2[C@H]1OC. The summed E-state index contributed by atoms with van der Waals surface area (Å²) in [6.45, 7) is 11.4. The molecule has 10 atom stereocenters. The van der Waals surface area contributed by atoms with Crippen LogP contribution in [0.4, 0.5) is 0 Å². The van der Waals surface area contributed by atoms with Gasteiger partial charge in [-0.25, -0.2) is 0 Å². The molecule has 0 bridgehead atoms. The van der Waals surface area contributed by atoms with Crippen molar-refractivity contribution in [1.29, 1.82) is 0 Å². The predicted molar refractivity (Wildman–Crippen MR) is 137 cm³/mol. The first-order valence-corrected chi connectivity index (χ1v) is 13.7. The summed E-state index contributed by atoms with van der Waals surface area (Å²) in [6.07, 6.45) is -3.24. The van der Waals surface area contributed by atoms with Crippen molar-refractivity contribution in [3.05, 3.63) is 0 Å². The highest BCUT2D eigenvalue weighted by Gasteiger charge is 2.57. The van der Waals surface area contributed by atoms with Gasteiger partial charge in [-0.05, 0) is 41.5 Å². The maximum atomic E-state index is 11.5. The standard InChI is InChI=1S/2C13H23NO6/c2*1-5-17-8(15)6-7(14)9-10(16-4)11-12(18-9)20-13(2,3)19-11/h2*7,9-12H,5-6,14H2,1-4H3/t7-,9+,10-,11+,12+;7-,9-,10+,11-,12-/m01/s1. The van der Waals surface area contributed by atoms with Gasteiger partial charge in [0.15, 0.2) is 24.2 Å². The van der Waals surface area contributed by atoms with E-state index in [4.69, 9.17) is 58.8 Å². The lowest BCUT2D eigenvalue weighted by molar-refractivity contribution is -0.219. The Morgan fingerprint density at radius 1 is 0.700 bits per heavy atom. The fourth-order valence-corrected chi connectivity index (χ4v) is 5.29. The summed E-state index contributed by atoms with van der Waals surface area (Å²) >= 11 is 0. The first-order chi connectivity index (χ1) is 18.8. The third kappa shape index (κ3) is 7.88. The third-order valence-electron chi connectivity index (χ3n) is 6.86. The lowest BCUT2D eigenvalue weighted by atomic mass is 10.0. The van der Waals surface area contributed by atoms with E-state index in [2.05, 4.69) is 0 Å². The Hall–Kier alpha value is -1.46. The molecule has 0 spiro atoms. The summed E-state index contributed by atoms with van der Waals surface area (Å²) < 4.78 is 55.0. The molecule has 0 radical (unpaired) electrons. The van der Waals surface area contributed by atoms with E-state index in [-0.39, 0.29) is 49.2 Å². The fourth-order valence-electron chi connectivity index (χ4n) is 5.29. The van der Waals surface area contributed by atoms with Gasteiger partial charge < -0.3 is 58.8 Å². The molecule has 4 saturated heterocycles. The van der Waals surface area contributed by atoms with E-state index in [0.717, 1.165) is 0 Å². The molecule has 4 rings (SSSR count). The average Bonchev–Trinajstić information content (AvgIpc) is 3.53. The monoisotopic (exact) mass is 578 g/mol. The molecule has 14 heteroatoms. The maximum absolute atomic E-state index is 11.5. The van der Waals surface area contributed by atoms with Gasteiger partial charge in [-0.3, -0.25) is 9.59 Å². The second-order valence-corrected chi connectivity index (χ2v) is 10.9. The van der Waals surface area contributed by atoms with Crippen LogP contribution in [0.3, 0.4) is 0 Å². The highest BCUT2D eigenvalue weighted by molar-refractivity contribution is 5.70. The Morgan fingerprint density at radius 2 is 1.05 bits per heavy atom. The second kappa shape index (κ2) is 13.7. The van der Waals surface area contributed by atoms with Gasteiger partial charge in [0.1, 0.15) is 36.6 Å². The van der Waals surface area contributed by atoms with Crippen LogP contribution in [0, 0.1) is 0 Å². The topological polar surface area (TPSA) is 178 Å². The molecule has 0 saturated carbocycles. The van der Waals surface area contributed by atoms with Gasteiger partial charge >= 0.3 is 11.9 Å². The van der Waals surface area contributed by atoms with Crippen LogP contribution in [-0.4, -0.2) is 112 Å². The minimum atomic E-state index is -0.706. The van der Waals surface area contributed by atoms with E-state index in [1.807, 2.05) is 27.7 Å². The van der Waals surface area contributed by atoms with Crippen LogP contribution in [0.1, 0.15) is 54.4 Å². The number of nitrogens with two attached hydrogens (primary N) is 2. The fraction of sp³-hybridized carbons (Fsp3) is 0.923. The van der Waals surface area contributed by atoms with Crippen LogP contribution in [0.25, 0.3) is 0 Å². The largest absolute Gasteiger partial charge is 0.466 e. The van der Waals surface area contributed by atoms with Crippen molar-refractivity contribution in [2.75, 3.05) is 27.4 Å². The van der Waals surface area contributed by atoms with Crippen molar-refractivity contribution in [3.8, 4) is 0 Å². The quantitative estimate of drug-likeness (QED) is 0.338. The van der Waals surface area contributed by atoms with Crippen molar-refractivity contribution in [2.45, 2.75) is 127 Å². The number of fused-ring (bicyclic) bond motifs is 2. The smallest absolute Gasteiger partial charge is 0.307 e. The number of methoxy groups -OCH3 is 2. The molecule has 40 heavy (non-hydrogen) atoms. The van der Waals surface area contributed by atoms with Gasteiger partial charge in [-0.2, -0.15) is 0 Å². The lowest BCUT2D eigenvalue weighted by Gasteiger charge is -2.27. The van der Waals surface area contributed by atoms with E-state index in [1.165, 1.54) is 0 Å². The molecule has 0 amide bonds. The molecule has 4 fully saturated rings. The molecule has 4 N–H and O–H groups in total. The Kier molecular flexibility index (Phi) is 11.3. The number of carbonyl (C=O) groups excluding carboxylic acids is 2. The van der Waals surface area contributed by atoms with Crippen LogP contribution in [0.2, 0.25) is 0 Å². The average molecular weight is 579 g/mol. The molecule has 0 aromatic carbocycles. The van der Waals surface area contributed by atoms with Crippen LogP contribution in [0.15, 0.2) is 0 Å². The number of hydrogen-bond acceptors (Lipinski definition) is 14. The van der Waals surface area contributed by atoms with Crippen molar-refractivity contribution < 1.29 is 57.0 Å². The molecule has 0 aromatic rings. The zero-order valence-corrected chi connectivity index (χ0v) is 24.7. The minimum absolute atomic E-state index is 0.0706. The summed E-state index contributed by atoms with van der Waals surface area (Å²) in [5.74, 6) is -2.11. The molecular weight excluding hydrogens is 532 g/mol. The van der Waals surface area contributed by atoms with Gasteiger partial charge in [0.25, 0.3) is 0 Å². The maximum Gasteiger partial charge on any atom is 0.307 e. The van der Waals surface area contributed by atoms with E-state index >= 15 is 0 Å². The van der Waals surface area contributed by atoms with Gasteiger partial charge in [-0.1, -0.05) is 0 Å². The summed E-state index contributed by atoms with van der Waals surface area (Å²) in [5, 5.41) is 0. The van der Waals surface area contributed by atoms with Gasteiger partial charge in [0, 0.05) is 26.3 Å². The van der Waals surface area contributed by atoms with E-state index in [9.17, 15) is 9.59 Å². The summed E-state index contributed by atoms with van der Waals surface area (Å²) in [5.41, 5.74) is 12.1. The van der Waals surface area contributed by atoms with Crippen molar-refractivity contribution >= 4 is 11.9 Å². The molecule has 4 heterocycles. The normalized spacial score (nSPS) is 36.6. The zero-order chi connectivity index (χ0) is 29.8. The molecule has 4 aliphatic heterocycles. The highest BCUT2D eigenvalue weighted by atomic mass is 16.9. The predicted octanol–water partition coefficient (Wildman–Crippen LogP) is 0.317. The Morgan fingerprint density at radius 3 is 1.35 bits per heavy atom. The molecule has 0 unspecified atom stereocenters. The number of rotatable bonds is 10. The van der Waals surface area contributed by atoms with Crippen LogP contribution >= 0.6 is 0 Å². The molecule has 4 aliphatic rings. The Balaban J connectivity index is 0.000000220. The molecule has 0 aliphatic carbocycles. The highest BCUT2D eigenvalue weighted by Crippen LogP contribution is 2.40. The molecule has 232 valence electrons. The number of ether oxygens (including phenoxy) is 10. The second-order valence-electron chi connectivity index (χ2n) is 10.9. The van der Waals surface area contributed by atoms with E-state index < -0.39 is 48.4 Å². The Labute approximate surface area is 235 Å². The third-order valence-corrected chi connectivity index (χ3v) is 6.86. The van der Waals surface area contributed by atoms with Gasteiger partial charge in [-0.15, -0.1) is 0 Å². The molecule has 0 aromatic heterocycles. The first-order valence-electron chi connectivity index (χ1n) is 13.7. The van der Waals surface area contributed by atoms with Gasteiger partial charge in [0.2, 0.25) is 0 Å². The van der Waals surface area contributed by atoms with Gasteiger partial charge in [0.05, 0.1) is 26.1 Å². The first kappa shape index (κ1) is 33.0. The Bertz CT molecular complexity index is 790. The summed E-state index contributed by atoms with van der Waals surface area (Å²) in [4.78, 5) is 23.0. The number of carbonyl (C=O) groups is 2. The van der Waals surface area contributed by atoms with Crippen molar-refractivity contribution in [2.24, 2.45) is 11.5 Å². The summed E-state index contributed by atoms with van der Waals surface area (Å²) in [6, 6.07) is -1.06. The molecular formula is C26H46N2O12. The zero-order valence-electron chi connectivity index (χ0n) is 24.7.